The van der Waals surface area contributed by atoms with E-state index in [0.717, 1.165) is 32.1 Å². The molecular weight excluding hydrogens is 270 g/mol. The van der Waals surface area contributed by atoms with E-state index < -0.39 is 11.6 Å². The van der Waals surface area contributed by atoms with Crippen LogP contribution < -0.4 is 10.6 Å². The fraction of sp³-hybridized carbons (Fsp3) is 0.800. The van der Waals surface area contributed by atoms with Gasteiger partial charge in [-0.3, -0.25) is 14.9 Å². The summed E-state index contributed by atoms with van der Waals surface area (Å²) < 4.78 is 0. The molecule has 2 fully saturated rings. The second kappa shape index (κ2) is 6.45. The Bertz CT molecular complexity index is 438. The highest BCUT2D eigenvalue weighted by molar-refractivity contribution is 6.07. The number of imide groups is 1. The molecule has 2 atom stereocenters. The van der Waals surface area contributed by atoms with Gasteiger partial charge in [-0.05, 0) is 25.7 Å². The third-order valence-corrected chi connectivity index (χ3v) is 4.57. The third-order valence-electron chi connectivity index (χ3n) is 4.57. The molecule has 21 heavy (non-hydrogen) atoms. The quantitative estimate of drug-likeness (QED) is 0.753. The van der Waals surface area contributed by atoms with Crippen LogP contribution in [0.25, 0.3) is 0 Å². The van der Waals surface area contributed by atoms with E-state index in [9.17, 15) is 14.4 Å². The lowest BCUT2D eigenvalue weighted by molar-refractivity contribution is -0.140. The Balaban J connectivity index is 2.05. The summed E-state index contributed by atoms with van der Waals surface area (Å²) in [6, 6.07) is -0.452. The summed E-state index contributed by atoms with van der Waals surface area (Å²) in [7, 11) is 0. The van der Waals surface area contributed by atoms with Gasteiger partial charge in [0.1, 0.15) is 5.54 Å². The Kier molecular flexibility index (Phi) is 4.85. The van der Waals surface area contributed by atoms with Crippen molar-refractivity contribution >= 4 is 17.8 Å². The molecule has 1 spiro atoms. The highest BCUT2D eigenvalue weighted by Crippen LogP contribution is 2.27. The topological polar surface area (TPSA) is 78.5 Å². The zero-order valence-electron chi connectivity index (χ0n) is 12.9. The summed E-state index contributed by atoms with van der Waals surface area (Å²) in [6.45, 7) is 5.12. The Morgan fingerprint density at radius 1 is 1.38 bits per heavy atom. The van der Waals surface area contributed by atoms with Crippen molar-refractivity contribution in [3.8, 4) is 0 Å². The Hall–Kier alpha value is -1.59. The number of carbonyl (C=O) groups is 3. The van der Waals surface area contributed by atoms with Crippen molar-refractivity contribution in [1.29, 1.82) is 0 Å². The molecule has 2 saturated heterocycles. The van der Waals surface area contributed by atoms with Crippen LogP contribution in [0, 0.1) is 5.92 Å². The molecule has 0 radical (unpaired) electrons. The normalized spacial score (nSPS) is 26.7. The predicted molar refractivity (Wildman–Crippen MR) is 78.5 cm³/mol. The summed E-state index contributed by atoms with van der Waals surface area (Å²) in [5.41, 5.74) is -0.909. The number of urea groups is 1. The predicted octanol–water partition coefficient (Wildman–Crippen LogP) is 1.40. The van der Waals surface area contributed by atoms with E-state index in [-0.39, 0.29) is 17.7 Å². The highest BCUT2D eigenvalue weighted by atomic mass is 16.2. The SMILES string of the molecule is CCCCC(CC)C(=O)N1CCCC2(C1)NC(=O)NC2=O. The van der Waals surface area contributed by atoms with Gasteiger partial charge in [-0.25, -0.2) is 4.79 Å². The van der Waals surface area contributed by atoms with E-state index in [1.54, 1.807) is 4.90 Å². The van der Waals surface area contributed by atoms with Gasteiger partial charge in [-0.2, -0.15) is 0 Å². The molecule has 2 aliphatic heterocycles. The standard InChI is InChI=1S/C15H25N3O3/c1-3-5-7-11(4-2)12(19)18-9-6-8-15(10-18)13(20)16-14(21)17-15/h11H,3-10H2,1-2H3,(H2,16,17,20,21). The summed E-state index contributed by atoms with van der Waals surface area (Å²) in [5.74, 6) is -0.147. The largest absolute Gasteiger partial charge is 0.340 e. The molecule has 0 saturated carbocycles. The molecule has 118 valence electrons. The second-order valence-electron chi connectivity index (χ2n) is 6.10. The van der Waals surface area contributed by atoms with Gasteiger partial charge in [-0.1, -0.05) is 26.7 Å². The number of carbonyl (C=O) groups excluding carboxylic acids is 3. The molecule has 2 aliphatic rings. The Morgan fingerprint density at radius 3 is 2.71 bits per heavy atom. The van der Waals surface area contributed by atoms with Gasteiger partial charge in [0, 0.05) is 12.5 Å². The average molecular weight is 295 g/mol. The number of hydrogen-bond donors (Lipinski definition) is 2. The lowest BCUT2D eigenvalue weighted by Gasteiger charge is -2.39. The summed E-state index contributed by atoms with van der Waals surface area (Å²) >= 11 is 0. The highest BCUT2D eigenvalue weighted by Gasteiger charge is 2.49. The number of nitrogens with zero attached hydrogens (tertiary/aromatic N) is 1. The second-order valence-corrected chi connectivity index (χ2v) is 6.10. The van der Waals surface area contributed by atoms with E-state index >= 15 is 0 Å². The number of rotatable bonds is 5. The van der Waals surface area contributed by atoms with Crippen LogP contribution in [0.2, 0.25) is 0 Å². The summed E-state index contributed by atoms with van der Waals surface area (Å²) in [6.07, 6.45) is 5.17. The van der Waals surface area contributed by atoms with Gasteiger partial charge in [0.2, 0.25) is 5.91 Å². The molecule has 0 bridgehead atoms. The van der Waals surface area contributed by atoms with Gasteiger partial charge in [0.05, 0.1) is 6.54 Å². The molecule has 6 heteroatoms. The smallest absolute Gasteiger partial charge is 0.322 e. The molecule has 0 aromatic rings. The van der Waals surface area contributed by atoms with E-state index in [4.69, 9.17) is 0 Å². The van der Waals surface area contributed by atoms with Gasteiger partial charge >= 0.3 is 6.03 Å². The Morgan fingerprint density at radius 2 is 2.14 bits per heavy atom. The van der Waals surface area contributed by atoms with Crippen molar-refractivity contribution in [3.63, 3.8) is 0 Å². The molecule has 2 unspecified atom stereocenters. The zero-order valence-corrected chi connectivity index (χ0v) is 12.9. The molecule has 2 rings (SSSR count). The fourth-order valence-electron chi connectivity index (χ4n) is 3.27. The van der Waals surface area contributed by atoms with Crippen molar-refractivity contribution in [1.82, 2.24) is 15.5 Å². The average Bonchev–Trinajstić information content (AvgIpc) is 2.73. The Labute approximate surface area is 125 Å². The molecule has 2 heterocycles. The van der Waals surface area contributed by atoms with Crippen molar-refractivity contribution in [2.75, 3.05) is 13.1 Å². The lowest BCUT2D eigenvalue weighted by atomic mass is 9.87. The van der Waals surface area contributed by atoms with Gasteiger partial charge < -0.3 is 10.2 Å². The number of likely N-dealkylation sites (tertiary alicyclic amines) is 1. The van der Waals surface area contributed by atoms with Crippen molar-refractivity contribution in [3.05, 3.63) is 0 Å². The third kappa shape index (κ3) is 3.19. The monoisotopic (exact) mass is 295 g/mol. The number of unbranched alkanes of at least 4 members (excludes halogenated alkanes) is 1. The van der Waals surface area contributed by atoms with Gasteiger partial charge in [0.15, 0.2) is 0 Å². The van der Waals surface area contributed by atoms with E-state index in [0.29, 0.717) is 19.5 Å². The maximum absolute atomic E-state index is 12.6. The van der Waals surface area contributed by atoms with Crippen LogP contribution >= 0.6 is 0 Å². The molecule has 2 N–H and O–H groups in total. The van der Waals surface area contributed by atoms with Crippen LogP contribution in [-0.4, -0.2) is 41.4 Å². The molecule has 4 amide bonds. The first kappa shape index (κ1) is 15.8. The van der Waals surface area contributed by atoms with Gasteiger partial charge in [-0.15, -0.1) is 0 Å². The molecule has 6 nitrogen and oxygen atoms in total. The van der Waals surface area contributed by atoms with Crippen molar-refractivity contribution in [2.45, 2.75) is 57.9 Å². The number of amides is 4. The van der Waals surface area contributed by atoms with E-state index in [1.165, 1.54) is 0 Å². The van der Waals surface area contributed by atoms with Gasteiger partial charge in [0.25, 0.3) is 5.91 Å². The van der Waals surface area contributed by atoms with Crippen LogP contribution in [-0.2, 0) is 9.59 Å². The minimum absolute atomic E-state index is 0.0280. The first-order chi connectivity index (χ1) is 10.0. The molecule has 0 aromatic heterocycles. The van der Waals surface area contributed by atoms with Crippen LogP contribution in [0.3, 0.4) is 0 Å². The fourth-order valence-corrected chi connectivity index (χ4v) is 3.27. The maximum Gasteiger partial charge on any atom is 0.322 e. The lowest BCUT2D eigenvalue weighted by Crippen LogP contribution is -2.60. The molecular formula is C15H25N3O3. The summed E-state index contributed by atoms with van der Waals surface area (Å²) in [4.78, 5) is 37.8. The maximum atomic E-state index is 12.6. The minimum atomic E-state index is -0.909. The van der Waals surface area contributed by atoms with Crippen molar-refractivity contribution in [2.24, 2.45) is 5.92 Å². The number of hydrogen-bond acceptors (Lipinski definition) is 3. The van der Waals surface area contributed by atoms with Crippen LogP contribution in [0.1, 0.15) is 52.4 Å². The van der Waals surface area contributed by atoms with Crippen LogP contribution in [0.4, 0.5) is 4.79 Å². The number of piperidine rings is 1. The molecule has 0 aromatic carbocycles. The first-order valence-electron chi connectivity index (χ1n) is 7.94. The van der Waals surface area contributed by atoms with Crippen LogP contribution in [0.15, 0.2) is 0 Å². The van der Waals surface area contributed by atoms with E-state index in [1.807, 2.05) is 6.92 Å². The minimum Gasteiger partial charge on any atom is -0.340 e. The first-order valence-corrected chi connectivity index (χ1v) is 7.94. The van der Waals surface area contributed by atoms with Crippen molar-refractivity contribution < 1.29 is 14.4 Å². The van der Waals surface area contributed by atoms with E-state index in [2.05, 4.69) is 17.6 Å². The summed E-state index contributed by atoms with van der Waals surface area (Å²) in [5, 5.41) is 5.00. The number of nitrogens with one attached hydrogen (secondary N) is 2. The zero-order chi connectivity index (χ0) is 15.5. The molecule has 0 aliphatic carbocycles. The van der Waals surface area contributed by atoms with Crippen LogP contribution in [0.5, 0.6) is 0 Å².